The minimum Gasteiger partial charge on any atom is -0.266 e. The first-order valence-corrected chi connectivity index (χ1v) is 5.13. The number of rotatable bonds is 6. The molecule has 0 aliphatic rings. The highest BCUT2D eigenvalue weighted by Crippen LogP contribution is 2.11. The predicted octanol–water partition coefficient (Wildman–Crippen LogP) is 2.56. The zero-order valence-electron chi connectivity index (χ0n) is 10.0. The zero-order chi connectivity index (χ0) is 11.9. The van der Waals surface area contributed by atoms with Gasteiger partial charge in [0.25, 0.3) is 0 Å². The Balaban J connectivity index is 3.63. The molecule has 0 saturated carbocycles. The summed E-state index contributed by atoms with van der Waals surface area (Å²) in [6.07, 6.45) is 1.41. The number of carbonyl (C=O) groups is 1. The number of carbonyl (C=O) groups excluding carboxylic acids is 1. The van der Waals surface area contributed by atoms with E-state index in [1.54, 1.807) is 20.8 Å². The summed E-state index contributed by atoms with van der Waals surface area (Å²) in [6, 6.07) is 0. The lowest BCUT2D eigenvalue weighted by Crippen LogP contribution is -2.22. The molecule has 0 bridgehead atoms. The molecule has 0 radical (unpaired) electrons. The minimum atomic E-state index is -0.513. The van der Waals surface area contributed by atoms with Gasteiger partial charge in [0.1, 0.15) is 0 Å². The fourth-order valence-corrected chi connectivity index (χ4v) is 0.853. The lowest BCUT2D eigenvalue weighted by atomic mass is 10.0. The molecule has 0 fully saturated rings. The van der Waals surface area contributed by atoms with E-state index in [2.05, 4.69) is 15.0 Å². The fraction of sp³-hybridized carbons (Fsp3) is 0.900. The predicted molar refractivity (Wildman–Crippen MR) is 53.2 cm³/mol. The maximum Gasteiger partial charge on any atom is 0.348 e. The molecule has 0 rings (SSSR count). The van der Waals surface area contributed by atoms with E-state index in [1.165, 1.54) is 0 Å². The molecule has 0 heterocycles. The highest BCUT2D eigenvalue weighted by atomic mass is 17.7. The van der Waals surface area contributed by atoms with Crippen molar-refractivity contribution in [2.24, 2.45) is 5.92 Å². The van der Waals surface area contributed by atoms with E-state index in [0.717, 1.165) is 0 Å². The molecule has 5 nitrogen and oxygen atoms in total. The summed E-state index contributed by atoms with van der Waals surface area (Å²) in [4.78, 5) is 20.4. The Morgan fingerprint density at radius 2 is 1.67 bits per heavy atom. The molecule has 0 atom stereocenters. The summed E-state index contributed by atoms with van der Waals surface area (Å²) in [5, 5.41) is 8.45. The average molecular weight is 220 g/mol. The Hall–Kier alpha value is -0.650. The van der Waals surface area contributed by atoms with E-state index in [-0.39, 0.29) is 5.92 Å². The molecule has 0 aromatic rings. The summed E-state index contributed by atoms with van der Waals surface area (Å²) in [5.41, 5.74) is -0.513. The van der Waals surface area contributed by atoms with Gasteiger partial charge in [0, 0.05) is 5.04 Å². The normalized spacial score (nSPS) is 11.9. The van der Waals surface area contributed by atoms with Crippen LogP contribution in [0, 0.1) is 5.92 Å². The Morgan fingerprint density at radius 1 is 1.13 bits per heavy atom. The van der Waals surface area contributed by atoms with Crippen molar-refractivity contribution in [3.05, 3.63) is 0 Å². The highest BCUT2D eigenvalue weighted by Gasteiger charge is 2.18. The van der Waals surface area contributed by atoms with Crippen molar-refractivity contribution >= 4 is 5.97 Å². The molecule has 0 aliphatic heterocycles. The lowest BCUT2D eigenvalue weighted by Gasteiger charge is -2.15. The van der Waals surface area contributed by atoms with Gasteiger partial charge >= 0.3 is 5.97 Å². The summed E-state index contributed by atoms with van der Waals surface area (Å²) >= 11 is 0. The van der Waals surface area contributed by atoms with Gasteiger partial charge in [-0.1, -0.05) is 13.8 Å². The van der Waals surface area contributed by atoms with Crippen molar-refractivity contribution in [1.29, 1.82) is 0 Å². The van der Waals surface area contributed by atoms with Gasteiger partial charge in [-0.15, -0.1) is 0 Å². The molecule has 0 N–H and O–H groups in total. The quantitative estimate of drug-likeness (QED) is 0.391. The zero-order valence-corrected chi connectivity index (χ0v) is 10.0. The monoisotopic (exact) mass is 220 g/mol. The Labute approximate surface area is 90.4 Å². The molecule has 5 heteroatoms. The van der Waals surface area contributed by atoms with Crippen LogP contribution in [-0.2, 0) is 24.6 Å². The topological polar surface area (TPSA) is 54.0 Å². The van der Waals surface area contributed by atoms with Gasteiger partial charge in [-0.2, -0.15) is 4.89 Å². The molecular weight excluding hydrogens is 200 g/mol. The van der Waals surface area contributed by atoms with E-state index in [0.29, 0.717) is 12.8 Å². The molecule has 15 heavy (non-hydrogen) atoms. The van der Waals surface area contributed by atoms with Gasteiger partial charge in [0.2, 0.25) is 0 Å². The van der Waals surface area contributed by atoms with E-state index >= 15 is 0 Å². The molecule has 0 aromatic heterocycles. The van der Waals surface area contributed by atoms with E-state index < -0.39 is 11.6 Å². The number of hydrogen-bond acceptors (Lipinski definition) is 5. The van der Waals surface area contributed by atoms with Crippen LogP contribution in [0.3, 0.4) is 0 Å². The molecule has 0 spiro atoms. The summed E-state index contributed by atoms with van der Waals surface area (Å²) in [6.45, 7) is 9.14. The van der Waals surface area contributed by atoms with Gasteiger partial charge in [-0.05, 0) is 38.7 Å². The van der Waals surface area contributed by atoms with Crippen LogP contribution >= 0.6 is 0 Å². The van der Waals surface area contributed by atoms with Crippen molar-refractivity contribution in [2.75, 3.05) is 0 Å². The molecular formula is C10H20O5. The van der Waals surface area contributed by atoms with Crippen LogP contribution in [0.5, 0.6) is 0 Å². The van der Waals surface area contributed by atoms with Crippen LogP contribution in [0.2, 0.25) is 0 Å². The van der Waals surface area contributed by atoms with Gasteiger partial charge in [0.15, 0.2) is 0 Å². The third-order valence-electron chi connectivity index (χ3n) is 1.75. The van der Waals surface area contributed by atoms with E-state index in [1.807, 2.05) is 13.8 Å². The average Bonchev–Trinajstić information content (AvgIpc) is 2.13. The Bertz CT molecular complexity index is 181. The SMILES string of the molecule is CCC(CC)C(=O)OOOOC(C)(C)C. The van der Waals surface area contributed by atoms with Crippen LogP contribution < -0.4 is 0 Å². The molecule has 0 aliphatic carbocycles. The van der Waals surface area contributed by atoms with Crippen LogP contribution in [0.15, 0.2) is 0 Å². The second kappa shape index (κ2) is 6.76. The first kappa shape index (κ1) is 14.3. The highest BCUT2D eigenvalue weighted by molar-refractivity contribution is 5.71. The molecule has 0 amide bonds. The summed E-state index contributed by atoms with van der Waals surface area (Å²) in [7, 11) is 0. The standard InChI is InChI=1S/C10H20O5/c1-6-8(7-2)9(11)12-14-15-13-10(3,4)5/h8H,6-7H2,1-5H3. The second-order valence-electron chi connectivity index (χ2n) is 4.25. The van der Waals surface area contributed by atoms with E-state index in [9.17, 15) is 4.79 Å². The van der Waals surface area contributed by atoms with Crippen LogP contribution in [-0.4, -0.2) is 11.6 Å². The van der Waals surface area contributed by atoms with Gasteiger partial charge < -0.3 is 0 Å². The smallest absolute Gasteiger partial charge is 0.266 e. The first-order chi connectivity index (χ1) is 6.90. The van der Waals surface area contributed by atoms with Crippen molar-refractivity contribution < 1.29 is 24.6 Å². The van der Waals surface area contributed by atoms with E-state index in [4.69, 9.17) is 4.89 Å². The van der Waals surface area contributed by atoms with Crippen LogP contribution in [0.1, 0.15) is 47.5 Å². The minimum absolute atomic E-state index is 0.164. The summed E-state index contributed by atoms with van der Waals surface area (Å²) < 4.78 is 0. The van der Waals surface area contributed by atoms with Crippen LogP contribution in [0.4, 0.5) is 0 Å². The summed E-state index contributed by atoms with van der Waals surface area (Å²) in [5.74, 6) is -0.610. The van der Waals surface area contributed by atoms with Crippen molar-refractivity contribution in [3.8, 4) is 0 Å². The van der Waals surface area contributed by atoms with Crippen LogP contribution in [0.25, 0.3) is 0 Å². The van der Waals surface area contributed by atoms with Gasteiger partial charge in [0.05, 0.1) is 11.5 Å². The number of hydrogen-bond donors (Lipinski definition) is 0. The molecule has 90 valence electrons. The molecule has 0 unspecified atom stereocenters. The Morgan fingerprint density at radius 3 is 2.07 bits per heavy atom. The van der Waals surface area contributed by atoms with Crippen molar-refractivity contribution in [2.45, 2.75) is 53.1 Å². The fourth-order valence-electron chi connectivity index (χ4n) is 0.853. The largest absolute Gasteiger partial charge is 0.348 e. The lowest BCUT2D eigenvalue weighted by molar-refractivity contribution is -0.634. The van der Waals surface area contributed by atoms with Crippen molar-refractivity contribution in [3.63, 3.8) is 0 Å². The third-order valence-corrected chi connectivity index (χ3v) is 1.75. The molecule has 0 saturated heterocycles. The third kappa shape index (κ3) is 7.30. The molecule has 0 aromatic carbocycles. The second-order valence-corrected chi connectivity index (χ2v) is 4.25. The maximum atomic E-state index is 11.2. The van der Waals surface area contributed by atoms with Gasteiger partial charge in [-0.25, -0.2) is 4.79 Å². The van der Waals surface area contributed by atoms with Crippen molar-refractivity contribution in [1.82, 2.24) is 0 Å². The van der Waals surface area contributed by atoms with Gasteiger partial charge in [-0.3, -0.25) is 4.89 Å². The first-order valence-electron chi connectivity index (χ1n) is 5.13. The maximum absolute atomic E-state index is 11.2. The Kier molecular flexibility index (Phi) is 6.47.